The van der Waals surface area contributed by atoms with Crippen molar-refractivity contribution in [2.45, 2.75) is 12.0 Å². The van der Waals surface area contributed by atoms with E-state index in [-0.39, 0.29) is 5.92 Å². The summed E-state index contributed by atoms with van der Waals surface area (Å²) in [5.74, 6) is 0.159. The molecule has 0 radical (unpaired) electrons. The van der Waals surface area contributed by atoms with E-state index in [1.165, 1.54) is 11.1 Å². The lowest BCUT2D eigenvalue weighted by atomic mass is 9.93. The third kappa shape index (κ3) is 4.03. The molecular formula is C14H13Cl3Si. The van der Waals surface area contributed by atoms with Crippen LogP contribution in [0.25, 0.3) is 0 Å². The molecule has 0 aromatic heterocycles. The van der Waals surface area contributed by atoms with Crippen molar-refractivity contribution in [2.75, 3.05) is 0 Å². The van der Waals surface area contributed by atoms with Crippen molar-refractivity contribution in [3.05, 3.63) is 71.8 Å². The van der Waals surface area contributed by atoms with Crippen LogP contribution < -0.4 is 0 Å². The van der Waals surface area contributed by atoms with Crippen molar-refractivity contribution < 1.29 is 0 Å². The molecule has 0 heterocycles. The van der Waals surface area contributed by atoms with E-state index < -0.39 is 6.00 Å². The molecule has 0 unspecified atom stereocenters. The van der Waals surface area contributed by atoms with Gasteiger partial charge in [0.25, 0.3) is 0 Å². The molecule has 0 fully saturated rings. The van der Waals surface area contributed by atoms with Crippen LogP contribution in [0.5, 0.6) is 0 Å². The Balaban J connectivity index is 2.36. The van der Waals surface area contributed by atoms with E-state index in [0.29, 0.717) is 6.04 Å². The fourth-order valence-electron chi connectivity index (χ4n) is 2.03. The van der Waals surface area contributed by atoms with Crippen molar-refractivity contribution in [1.29, 1.82) is 0 Å². The Bertz CT molecular complexity index is 440. The van der Waals surface area contributed by atoms with Gasteiger partial charge in [0.15, 0.2) is 0 Å². The van der Waals surface area contributed by atoms with E-state index in [1.807, 2.05) is 36.4 Å². The number of benzene rings is 2. The third-order valence-electron chi connectivity index (χ3n) is 2.84. The molecule has 0 aliphatic carbocycles. The SMILES string of the molecule is Cl[Si](Cl)(Cl)CC(c1ccccc1)c1ccccc1. The summed E-state index contributed by atoms with van der Waals surface area (Å²) >= 11 is 18.3. The molecule has 0 N–H and O–H groups in total. The van der Waals surface area contributed by atoms with Gasteiger partial charge in [-0.15, -0.1) is 33.2 Å². The molecule has 2 rings (SSSR count). The predicted molar refractivity (Wildman–Crippen MR) is 82.8 cm³/mol. The lowest BCUT2D eigenvalue weighted by Crippen LogP contribution is -2.15. The Kier molecular flexibility index (Phi) is 4.74. The van der Waals surface area contributed by atoms with Gasteiger partial charge < -0.3 is 0 Å². The van der Waals surface area contributed by atoms with Crippen LogP contribution in [0, 0.1) is 0 Å². The van der Waals surface area contributed by atoms with Crippen LogP contribution >= 0.6 is 33.2 Å². The van der Waals surface area contributed by atoms with Crippen molar-refractivity contribution in [3.8, 4) is 0 Å². The lowest BCUT2D eigenvalue weighted by Gasteiger charge is -2.20. The molecule has 2 aromatic rings. The average molecular weight is 316 g/mol. The minimum atomic E-state index is -2.67. The van der Waals surface area contributed by atoms with Crippen LogP contribution in [-0.2, 0) is 0 Å². The molecule has 0 amide bonds. The lowest BCUT2D eigenvalue weighted by molar-refractivity contribution is 0.914. The maximum Gasteiger partial charge on any atom is 0.342 e. The van der Waals surface area contributed by atoms with Gasteiger partial charge in [-0.1, -0.05) is 60.7 Å². The average Bonchev–Trinajstić information content (AvgIpc) is 2.37. The van der Waals surface area contributed by atoms with Crippen molar-refractivity contribution in [2.24, 2.45) is 0 Å². The van der Waals surface area contributed by atoms with Gasteiger partial charge in [0, 0.05) is 5.92 Å². The minimum Gasteiger partial charge on any atom is -0.126 e. The highest BCUT2D eigenvalue weighted by atomic mass is 35.8. The van der Waals surface area contributed by atoms with Gasteiger partial charge in [0.1, 0.15) is 0 Å². The first-order chi connectivity index (χ1) is 8.56. The molecule has 0 bridgehead atoms. The summed E-state index contributed by atoms with van der Waals surface area (Å²) in [6, 6.07) is 18.3. The second-order valence-corrected chi connectivity index (χ2v) is 13.4. The zero-order chi connectivity index (χ0) is 13.0. The fraction of sp³-hybridized carbons (Fsp3) is 0.143. The Morgan fingerprint density at radius 1 is 0.722 bits per heavy atom. The van der Waals surface area contributed by atoms with Gasteiger partial charge in [-0.25, -0.2) is 0 Å². The van der Waals surface area contributed by atoms with Crippen LogP contribution in [-0.4, -0.2) is 6.00 Å². The highest BCUT2D eigenvalue weighted by molar-refractivity contribution is 7.64. The van der Waals surface area contributed by atoms with Crippen molar-refractivity contribution in [3.63, 3.8) is 0 Å². The van der Waals surface area contributed by atoms with Crippen molar-refractivity contribution in [1.82, 2.24) is 0 Å². The number of rotatable bonds is 4. The van der Waals surface area contributed by atoms with E-state index >= 15 is 0 Å². The topological polar surface area (TPSA) is 0 Å². The molecule has 4 heteroatoms. The Morgan fingerprint density at radius 2 is 1.11 bits per heavy atom. The first kappa shape index (κ1) is 13.9. The second kappa shape index (κ2) is 6.11. The predicted octanol–water partition coefficient (Wildman–Crippen LogP) is 5.47. The molecule has 94 valence electrons. The largest absolute Gasteiger partial charge is 0.342 e. The Morgan fingerprint density at radius 3 is 1.44 bits per heavy atom. The number of hydrogen-bond acceptors (Lipinski definition) is 0. The van der Waals surface area contributed by atoms with Crippen LogP contribution in [0.15, 0.2) is 60.7 Å². The molecule has 18 heavy (non-hydrogen) atoms. The molecule has 0 atom stereocenters. The van der Waals surface area contributed by atoms with Gasteiger partial charge in [-0.05, 0) is 17.2 Å². The molecule has 0 aliphatic rings. The maximum atomic E-state index is 6.10. The molecule has 0 spiro atoms. The van der Waals surface area contributed by atoms with E-state index in [0.717, 1.165) is 0 Å². The summed E-state index contributed by atoms with van der Waals surface area (Å²) in [7, 11) is 0. The van der Waals surface area contributed by atoms with E-state index in [4.69, 9.17) is 33.2 Å². The molecule has 0 saturated heterocycles. The van der Waals surface area contributed by atoms with E-state index in [2.05, 4.69) is 24.3 Å². The van der Waals surface area contributed by atoms with Crippen LogP contribution in [0.2, 0.25) is 6.04 Å². The van der Waals surface area contributed by atoms with Gasteiger partial charge in [0.05, 0.1) is 0 Å². The molecular weight excluding hydrogens is 303 g/mol. The first-order valence-corrected chi connectivity index (χ1v) is 11.0. The van der Waals surface area contributed by atoms with Crippen LogP contribution in [0.4, 0.5) is 0 Å². The number of halogens is 3. The number of hydrogen-bond donors (Lipinski definition) is 0. The summed E-state index contributed by atoms with van der Waals surface area (Å²) in [6.07, 6.45) is 0. The normalized spacial score (nSPS) is 11.8. The second-order valence-electron chi connectivity index (χ2n) is 4.19. The smallest absolute Gasteiger partial charge is 0.126 e. The van der Waals surface area contributed by atoms with Crippen LogP contribution in [0.3, 0.4) is 0 Å². The first-order valence-electron chi connectivity index (χ1n) is 5.73. The van der Waals surface area contributed by atoms with Crippen LogP contribution in [0.1, 0.15) is 17.0 Å². The third-order valence-corrected chi connectivity index (χ3v) is 5.10. The summed E-state index contributed by atoms with van der Waals surface area (Å²) in [4.78, 5) is 0. The van der Waals surface area contributed by atoms with E-state index in [9.17, 15) is 0 Å². The van der Waals surface area contributed by atoms with Gasteiger partial charge >= 0.3 is 6.00 Å². The Hall–Kier alpha value is -0.473. The molecule has 0 aliphatic heterocycles. The zero-order valence-electron chi connectivity index (χ0n) is 9.69. The maximum absolute atomic E-state index is 6.10. The van der Waals surface area contributed by atoms with Gasteiger partial charge in [-0.2, -0.15) is 0 Å². The molecule has 0 nitrogen and oxygen atoms in total. The van der Waals surface area contributed by atoms with Gasteiger partial charge in [-0.3, -0.25) is 0 Å². The zero-order valence-corrected chi connectivity index (χ0v) is 13.0. The van der Waals surface area contributed by atoms with Crippen molar-refractivity contribution >= 4 is 39.2 Å². The molecule has 2 aromatic carbocycles. The highest BCUT2D eigenvalue weighted by Gasteiger charge is 2.31. The highest BCUT2D eigenvalue weighted by Crippen LogP contribution is 2.38. The standard InChI is InChI=1S/C14H13Cl3Si/c15-18(16,17)11-14(12-7-3-1-4-8-12)13-9-5-2-6-10-13/h1-10,14H,11H2. The summed E-state index contributed by atoms with van der Waals surface area (Å²) in [5.41, 5.74) is 2.39. The summed E-state index contributed by atoms with van der Waals surface area (Å²) in [5, 5.41) is 0. The monoisotopic (exact) mass is 314 g/mol. The Labute approximate surface area is 123 Å². The van der Waals surface area contributed by atoms with Gasteiger partial charge in [0.2, 0.25) is 0 Å². The fourth-order valence-corrected chi connectivity index (χ4v) is 4.35. The quantitative estimate of drug-likeness (QED) is 0.518. The summed E-state index contributed by atoms with van der Waals surface area (Å²) < 4.78 is 0. The summed E-state index contributed by atoms with van der Waals surface area (Å²) in [6.45, 7) is 0. The molecule has 0 saturated carbocycles. The van der Waals surface area contributed by atoms with E-state index in [1.54, 1.807) is 0 Å². The minimum absolute atomic E-state index is 0.159.